The van der Waals surface area contributed by atoms with Gasteiger partial charge in [-0.1, -0.05) is 41.6 Å². The van der Waals surface area contributed by atoms with Crippen molar-refractivity contribution in [2.75, 3.05) is 14.2 Å². The summed E-state index contributed by atoms with van der Waals surface area (Å²) in [7, 11) is 3.29. The molecule has 0 bridgehead atoms. The Morgan fingerprint density at radius 1 is 1.21 bits per heavy atom. The SMILES string of the molecule is COc1cc(Br)c(C(Cl)CC2CCCC2)cc1OC. The maximum atomic E-state index is 6.59. The zero-order chi connectivity index (χ0) is 13.8. The van der Waals surface area contributed by atoms with Gasteiger partial charge in [0.05, 0.1) is 19.6 Å². The highest BCUT2D eigenvalue weighted by Gasteiger charge is 2.22. The lowest BCUT2D eigenvalue weighted by atomic mass is 9.97. The van der Waals surface area contributed by atoms with Crippen LogP contribution in [0.4, 0.5) is 0 Å². The van der Waals surface area contributed by atoms with Gasteiger partial charge in [-0.25, -0.2) is 0 Å². The summed E-state index contributed by atoms with van der Waals surface area (Å²) in [5.41, 5.74) is 1.09. The van der Waals surface area contributed by atoms with E-state index in [1.165, 1.54) is 25.7 Å². The van der Waals surface area contributed by atoms with E-state index in [9.17, 15) is 0 Å². The van der Waals surface area contributed by atoms with Gasteiger partial charge in [-0.3, -0.25) is 0 Å². The van der Waals surface area contributed by atoms with Gasteiger partial charge >= 0.3 is 0 Å². The molecule has 1 aliphatic rings. The second-order valence-electron chi connectivity index (χ2n) is 5.08. The van der Waals surface area contributed by atoms with E-state index in [2.05, 4.69) is 15.9 Å². The summed E-state index contributed by atoms with van der Waals surface area (Å²) in [4.78, 5) is 0. The van der Waals surface area contributed by atoms with Crippen molar-refractivity contribution in [3.63, 3.8) is 0 Å². The summed E-state index contributed by atoms with van der Waals surface area (Å²) in [6.45, 7) is 0. The van der Waals surface area contributed by atoms with Crippen molar-refractivity contribution in [2.45, 2.75) is 37.5 Å². The molecule has 1 fully saturated rings. The first-order valence-electron chi connectivity index (χ1n) is 6.71. The van der Waals surface area contributed by atoms with Crippen LogP contribution in [0, 0.1) is 5.92 Å². The van der Waals surface area contributed by atoms with Crippen molar-refractivity contribution in [2.24, 2.45) is 5.92 Å². The molecule has 0 radical (unpaired) electrons. The number of halogens is 2. The highest BCUT2D eigenvalue weighted by molar-refractivity contribution is 9.10. The molecule has 0 saturated heterocycles. The summed E-state index contributed by atoms with van der Waals surface area (Å²) >= 11 is 10.2. The minimum Gasteiger partial charge on any atom is -0.493 e. The molecule has 1 aromatic carbocycles. The van der Waals surface area contributed by atoms with Gasteiger partial charge in [0.15, 0.2) is 11.5 Å². The average Bonchev–Trinajstić information content (AvgIpc) is 2.90. The van der Waals surface area contributed by atoms with Crippen LogP contribution in [0.3, 0.4) is 0 Å². The van der Waals surface area contributed by atoms with Crippen LogP contribution < -0.4 is 9.47 Å². The molecule has 0 amide bonds. The predicted molar refractivity (Wildman–Crippen MR) is 82.4 cm³/mol. The van der Waals surface area contributed by atoms with Gasteiger partial charge in [-0.2, -0.15) is 0 Å². The van der Waals surface area contributed by atoms with E-state index < -0.39 is 0 Å². The molecule has 0 aliphatic heterocycles. The number of hydrogen-bond donors (Lipinski definition) is 0. The maximum absolute atomic E-state index is 6.59. The Kier molecular flexibility index (Phi) is 5.40. The Morgan fingerprint density at radius 2 is 1.79 bits per heavy atom. The van der Waals surface area contributed by atoms with Crippen molar-refractivity contribution >= 4 is 27.5 Å². The summed E-state index contributed by atoms with van der Waals surface area (Å²) in [6, 6.07) is 3.91. The number of methoxy groups -OCH3 is 2. The quantitative estimate of drug-likeness (QED) is 0.671. The van der Waals surface area contributed by atoms with Crippen molar-refractivity contribution in [1.29, 1.82) is 0 Å². The van der Waals surface area contributed by atoms with Gasteiger partial charge in [0.1, 0.15) is 0 Å². The fourth-order valence-corrected chi connectivity index (χ4v) is 3.94. The van der Waals surface area contributed by atoms with Gasteiger partial charge in [-0.15, -0.1) is 11.6 Å². The molecule has 4 heteroatoms. The Morgan fingerprint density at radius 3 is 2.37 bits per heavy atom. The molecule has 0 spiro atoms. The van der Waals surface area contributed by atoms with E-state index in [0.29, 0.717) is 0 Å². The zero-order valence-corrected chi connectivity index (χ0v) is 13.8. The second kappa shape index (κ2) is 6.85. The molecule has 0 N–H and O–H groups in total. The largest absolute Gasteiger partial charge is 0.493 e. The van der Waals surface area contributed by atoms with Gasteiger partial charge in [-0.05, 0) is 30.0 Å². The Hall–Kier alpha value is -0.410. The summed E-state index contributed by atoms with van der Waals surface area (Å²) in [6.07, 6.45) is 6.36. The highest BCUT2D eigenvalue weighted by atomic mass is 79.9. The molecule has 106 valence electrons. The topological polar surface area (TPSA) is 18.5 Å². The normalized spacial score (nSPS) is 17.5. The number of benzene rings is 1. The minimum atomic E-state index is 0.0253. The van der Waals surface area contributed by atoms with Crippen molar-refractivity contribution in [3.05, 3.63) is 22.2 Å². The van der Waals surface area contributed by atoms with Crippen LogP contribution in [-0.4, -0.2) is 14.2 Å². The smallest absolute Gasteiger partial charge is 0.161 e. The number of alkyl halides is 1. The van der Waals surface area contributed by atoms with E-state index in [0.717, 1.165) is 33.9 Å². The van der Waals surface area contributed by atoms with Crippen LogP contribution in [0.15, 0.2) is 16.6 Å². The first-order chi connectivity index (χ1) is 9.15. The molecule has 2 rings (SSSR count). The second-order valence-corrected chi connectivity index (χ2v) is 6.46. The molecule has 1 aliphatic carbocycles. The molecule has 1 aromatic rings. The third-order valence-corrected chi connectivity index (χ3v) is 4.96. The van der Waals surface area contributed by atoms with Crippen molar-refractivity contribution in [1.82, 2.24) is 0 Å². The van der Waals surface area contributed by atoms with Gasteiger partial charge in [0, 0.05) is 4.47 Å². The molecule has 1 unspecified atom stereocenters. The lowest BCUT2D eigenvalue weighted by molar-refractivity contribution is 0.354. The van der Waals surface area contributed by atoms with Crippen LogP contribution in [0.5, 0.6) is 11.5 Å². The number of ether oxygens (including phenoxy) is 2. The Balaban J connectivity index is 2.17. The Labute approximate surface area is 128 Å². The van der Waals surface area contributed by atoms with E-state index in [4.69, 9.17) is 21.1 Å². The molecular formula is C15H20BrClO2. The lowest BCUT2D eigenvalue weighted by Crippen LogP contribution is -2.02. The lowest BCUT2D eigenvalue weighted by Gasteiger charge is -2.18. The predicted octanol–water partition coefficient (Wildman–Crippen LogP) is 5.33. The van der Waals surface area contributed by atoms with E-state index in [-0.39, 0.29) is 5.38 Å². The fourth-order valence-electron chi connectivity index (χ4n) is 2.78. The van der Waals surface area contributed by atoms with Crippen molar-refractivity contribution < 1.29 is 9.47 Å². The first-order valence-corrected chi connectivity index (χ1v) is 7.94. The minimum absolute atomic E-state index is 0.0253. The van der Waals surface area contributed by atoms with Crippen LogP contribution in [-0.2, 0) is 0 Å². The molecule has 2 nitrogen and oxygen atoms in total. The highest BCUT2D eigenvalue weighted by Crippen LogP contribution is 2.42. The molecule has 1 saturated carbocycles. The molecule has 19 heavy (non-hydrogen) atoms. The number of hydrogen-bond acceptors (Lipinski definition) is 2. The third kappa shape index (κ3) is 3.57. The fraction of sp³-hybridized carbons (Fsp3) is 0.600. The zero-order valence-electron chi connectivity index (χ0n) is 11.4. The molecule has 0 aromatic heterocycles. The van der Waals surface area contributed by atoms with Crippen LogP contribution in [0.25, 0.3) is 0 Å². The molecular weight excluding hydrogens is 328 g/mol. The maximum Gasteiger partial charge on any atom is 0.161 e. The van der Waals surface area contributed by atoms with E-state index >= 15 is 0 Å². The van der Waals surface area contributed by atoms with Crippen LogP contribution >= 0.6 is 27.5 Å². The van der Waals surface area contributed by atoms with Gasteiger partial charge in [0.25, 0.3) is 0 Å². The van der Waals surface area contributed by atoms with E-state index in [1.807, 2.05) is 12.1 Å². The summed E-state index contributed by atoms with van der Waals surface area (Å²) in [5, 5.41) is 0.0253. The average molecular weight is 348 g/mol. The molecule has 0 heterocycles. The van der Waals surface area contributed by atoms with E-state index in [1.54, 1.807) is 14.2 Å². The first kappa shape index (κ1) is 15.0. The van der Waals surface area contributed by atoms with Gasteiger partial charge in [0.2, 0.25) is 0 Å². The van der Waals surface area contributed by atoms with Crippen LogP contribution in [0.2, 0.25) is 0 Å². The summed E-state index contributed by atoms with van der Waals surface area (Å²) < 4.78 is 11.6. The monoisotopic (exact) mass is 346 g/mol. The van der Waals surface area contributed by atoms with Gasteiger partial charge < -0.3 is 9.47 Å². The standard InChI is InChI=1S/C15H20BrClO2/c1-18-14-8-11(12(16)9-15(14)19-2)13(17)7-10-5-3-4-6-10/h8-10,13H,3-7H2,1-2H3. The van der Waals surface area contributed by atoms with Crippen LogP contribution in [0.1, 0.15) is 43.0 Å². The summed E-state index contributed by atoms with van der Waals surface area (Å²) in [5.74, 6) is 2.23. The Bertz CT molecular complexity index is 430. The molecule has 1 atom stereocenters. The third-order valence-electron chi connectivity index (χ3n) is 3.86. The number of rotatable bonds is 5. The van der Waals surface area contributed by atoms with Crippen molar-refractivity contribution in [3.8, 4) is 11.5 Å².